The maximum absolute atomic E-state index is 2.45. The van der Waals surface area contributed by atoms with Gasteiger partial charge in [0.05, 0.1) is 0 Å². The molecular formula is C41H36N2. The van der Waals surface area contributed by atoms with Gasteiger partial charge in [0.1, 0.15) is 0 Å². The Morgan fingerprint density at radius 2 is 0.674 bits per heavy atom. The van der Waals surface area contributed by atoms with Crippen LogP contribution in [-0.2, 0) is 5.41 Å². The van der Waals surface area contributed by atoms with Gasteiger partial charge >= 0.3 is 0 Å². The van der Waals surface area contributed by atoms with E-state index in [1.54, 1.807) is 0 Å². The Morgan fingerprint density at radius 1 is 0.372 bits per heavy atom. The summed E-state index contributed by atoms with van der Waals surface area (Å²) in [5, 5.41) is 0. The second-order valence-corrected chi connectivity index (χ2v) is 11.3. The van der Waals surface area contributed by atoms with E-state index in [9.17, 15) is 0 Å². The molecule has 0 aliphatic heterocycles. The molecule has 0 amide bonds. The first-order valence-corrected chi connectivity index (χ1v) is 15.3. The predicted molar refractivity (Wildman–Crippen MR) is 183 cm³/mol. The Bertz CT molecular complexity index is 1610. The maximum atomic E-state index is 2.45. The maximum Gasteiger partial charge on any atom is 0.0465 e. The SMILES string of the molecule is CCC1(CC)c2cc(N(c3ccccc3)c3ccccc3)ccc2-c2ccc(N(c3ccccc3)c3ccccc3)cc21. The quantitative estimate of drug-likeness (QED) is 0.184. The molecular weight excluding hydrogens is 520 g/mol. The van der Waals surface area contributed by atoms with Crippen LogP contribution in [0.25, 0.3) is 11.1 Å². The van der Waals surface area contributed by atoms with E-state index in [1.807, 2.05) is 0 Å². The number of fused-ring (bicyclic) bond motifs is 3. The van der Waals surface area contributed by atoms with Crippen LogP contribution in [0.3, 0.4) is 0 Å². The van der Waals surface area contributed by atoms with Crippen molar-refractivity contribution in [2.75, 3.05) is 9.80 Å². The van der Waals surface area contributed by atoms with Gasteiger partial charge in [-0.1, -0.05) is 98.8 Å². The zero-order valence-corrected chi connectivity index (χ0v) is 24.8. The van der Waals surface area contributed by atoms with Crippen molar-refractivity contribution >= 4 is 34.1 Å². The van der Waals surface area contributed by atoms with Gasteiger partial charge in [-0.25, -0.2) is 0 Å². The van der Waals surface area contributed by atoms with E-state index in [0.29, 0.717) is 0 Å². The van der Waals surface area contributed by atoms with Crippen LogP contribution in [0.2, 0.25) is 0 Å². The van der Waals surface area contributed by atoms with Crippen LogP contribution in [0.5, 0.6) is 0 Å². The first kappa shape index (κ1) is 26.8. The van der Waals surface area contributed by atoms with Crippen LogP contribution < -0.4 is 9.80 Å². The highest BCUT2D eigenvalue weighted by Gasteiger charge is 2.41. The van der Waals surface area contributed by atoms with Gasteiger partial charge < -0.3 is 9.80 Å². The number of rotatable bonds is 8. The van der Waals surface area contributed by atoms with Crippen molar-refractivity contribution in [3.8, 4) is 11.1 Å². The fourth-order valence-corrected chi connectivity index (χ4v) is 6.96. The minimum absolute atomic E-state index is 0.0746. The van der Waals surface area contributed by atoms with Crippen molar-refractivity contribution in [3.63, 3.8) is 0 Å². The molecule has 0 radical (unpaired) electrons. The van der Waals surface area contributed by atoms with Crippen molar-refractivity contribution in [2.45, 2.75) is 32.1 Å². The Morgan fingerprint density at radius 3 is 0.953 bits per heavy atom. The standard InChI is InChI=1S/C41H36N2/c1-3-41(4-2)39-29-35(42(31-17-9-5-10-18-31)32-19-11-6-12-20-32)25-27-37(39)38-28-26-36(30-40(38)41)43(33-21-13-7-14-22-33)34-23-15-8-16-24-34/h5-30H,3-4H2,1-2H3. The molecule has 43 heavy (non-hydrogen) atoms. The summed E-state index contributed by atoms with van der Waals surface area (Å²) in [5.41, 5.74) is 12.5. The molecule has 6 aromatic rings. The van der Waals surface area contributed by atoms with Crippen LogP contribution in [-0.4, -0.2) is 0 Å². The summed E-state index contributed by atoms with van der Waals surface area (Å²) in [7, 11) is 0. The molecule has 0 saturated carbocycles. The number of benzene rings is 6. The van der Waals surface area contributed by atoms with Crippen LogP contribution in [0.15, 0.2) is 158 Å². The topological polar surface area (TPSA) is 6.48 Å². The third-order valence-electron chi connectivity index (χ3n) is 9.11. The average molecular weight is 557 g/mol. The van der Waals surface area contributed by atoms with Crippen molar-refractivity contribution in [3.05, 3.63) is 169 Å². The molecule has 0 unspecified atom stereocenters. The van der Waals surface area contributed by atoms with Crippen LogP contribution in [0.4, 0.5) is 34.1 Å². The summed E-state index contributed by atoms with van der Waals surface area (Å²) in [6.07, 6.45) is 2.06. The second-order valence-electron chi connectivity index (χ2n) is 11.3. The third kappa shape index (κ3) is 4.60. The number of hydrogen-bond acceptors (Lipinski definition) is 2. The molecule has 210 valence electrons. The van der Waals surface area contributed by atoms with Crippen LogP contribution in [0, 0.1) is 0 Å². The molecule has 1 aliphatic rings. The molecule has 0 heterocycles. The van der Waals surface area contributed by atoms with Gasteiger partial charge in [0, 0.05) is 39.5 Å². The summed E-state index contributed by atoms with van der Waals surface area (Å²) < 4.78 is 0. The third-order valence-corrected chi connectivity index (χ3v) is 9.11. The molecule has 0 bridgehead atoms. The molecule has 2 nitrogen and oxygen atoms in total. The van der Waals surface area contributed by atoms with E-state index in [0.717, 1.165) is 35.6 Å². The largest absolute Gasteiger partial charge is 0.310 e. The molecule has 2 heteroatoms. The smallest absolute Gasteiger partial charge is 0.0465 e. The Hall–Kier alpha value is -5.08. The molecule has 0 fully saturated rings. The first-order valence-electron chi connectivity index (χ1n) is 15.3. The van der Waals surface area contributed by atoms with Gasteiger partial charge in [-0.05, 0) is 108 Å². The predicted octanol–water partition coefficient (Wildman–Crippen LogP) is 11.7. The van der Waals surface area contributed by atoms with E-state index in [2.05, 4.69) is 181 Å². The molecule has 7 rings (SSSR count). The van der Waals surface area contributed by atoms with E-state index in [4.69, 9.17) is 0 Å². The summed E-state index contributed by atoms with van der Waals surface area (Å²) >= 11 is 0. The van der Waals surface area contributed by atoms with Gasteiger partial charge in [-0.15, -0.1) is 0 Å². The zero-order valence-electron chi connectivity index (χ0n) is 24.8. The number of nitrogens with zero attached hydrogens (tertiary/aromatic N) is 2. The van der Waals surface area contributed by atoms with Crippen LogP contribution >= 0.6 is 0 Å². The summed E-state index contributed by atoms with van der Waals surface area (Å²) in [6, 6.07) is 56.9. The van der Waals surface area contributed by atoms with Gasteiger partial charge in [0.25, 0.3) is 0 Å². The monoisotopic (exact) mass is 556 g/mol. The lowest BCUT2D eigenvalue weighted by Gasteiger charge is -2.33. The first-order chi connectivity index (χ1) is 21.2. The minimum Gasteiger partial charge on any atom is -0.310 e. The fraction of sp³-hybridized carbons (Fsp3) is 0.122. The highest BCUT2D eigenvalue weighted by atomic mass is 15.1. The van der Waals surface area contributed by atoms with Gasteiger partial charge in [-0.2, -0.15) is 0 Å². The van der Waals surface area contributed by atoms with E-state index >= 15 is 0 Å². The van der Waals surface area contributed by atoms with Crippen molar-refractivity contribution in [1.82, 2.24) is 0 Å². The summed E-state index contributed by atoms with van der Waals surface area (Å²) in [6.45, 7) is 4.69. The summed E-state index contributed by atoms with van der Waals surface area (Å²) in [5.74, 6) is 0. The number of anilines is 6. The highest BCUT2D eigenvalue weighted by Crippen LogP contribution is 2.55. The lowest BCUT2D eigenvalue weighted by Crippen LogP contribution is -2.24. The lowest BCUT2D eigenvalue weighted by molar-refractivity contribution is 0.490. The molecule has 6 aromatic carbocycles. The molecule has 0 spiro atoms. The molecule has 0 aromatic heterocycles. The highest BCUT2D eigenvalue weighted by molar-refractivity contribution is 5.88. The minimum atomic E-state index is -0.0746. The normalized spacial score (nSPS) is 12.8. The fourth-order valence-electron chi connectivity index (χ4n) is 6.96. The molecule has 0 N–H and O–H groups in total. The van der Waals surface area contributed by atoms with Crippen LogP contribution in [0.1, 0.15) is 37.8 Å². The molecule has 0 atom stereocenters. The molecule has 0 saturated heterocycles. The van der Waals surface area contributed by atoms with E-state index < -0.39 is 0 Å². The number of para-hydroxylation sites is 4. The van der Waals surface area contributed by atoms with Gasteiger partial charge in [0.2, 0.25) is 0 Å². The van der Waals surface area contributed by atoms with E-state index in [-0.39, 0.29) is 5.41 Å². The number of hydrogen-bond donors (Lipinski definition) is 0. The van der Waals surface area contributed by atoms with Gasteiger partial charge in [0.15, 0.2) is 0 Å². The zero-order chi connectivity index (χ0) is 29.2. The summed E-state index contributed by atoms with van der Waals surface area (Å²) in [4.78, 5) is 4.74. The molecule has 1 aliphatic carbocycles. The van der Waals surface area contributed by atoms with E-state index in [1.165, 1.54) is 33.6 Å². The van der Waals surface area contributed by atoms with Gasteiger partial charge in [-0.3, -0.25) is 0 Å². The van der Waals surface area contributed by atoms with Crippen molar-refractivity contribution < 1.29 is 0 Å². The lowest BCUT2D eigenvalue weighted by atomic mass is 9.73. The second kappa shape index (κ2) is 11.3. The Balaban J connectivity index is 1.38. The average Bonchev–Trinajstić information content (AvgIpc) is 3.36. The van der Waals surface area contributed by atoms with Crippen molar-refractivity contribution in [2.24, 2.45) is 0 Å². The Kier molecular flexibility index (Phi) is 7.04. The van der Waals surface area contributed by atoms with Crippen molar-refractivity contribution in [1.29, 1.82) is 0 Å². The Labute approximate surface area is 255 Å².